The van der Waals surface area contributed by atoms with Gasteiger partial charge in [-0.2, -0.15) is 0 Å². The van der Waals surface area contributed by atoms with Crippen molar-refractivity contribution in [2.24, 2.45) is 0 Å². The van der Waals surface area contributed by atoms with Crippen LogP contribution in [0.25, 0.3) is 10.9 Å². The van der Waals surface area contributed by atoms with Crippen LogP contribution >= 0.6 is 0 Å². The number of nitrogens with one attached hydrogen (secondary N) is 3. The van der Waals surface area contributed by atoms with Crippen molar-refractivity contribution in [3.8, 4) is 0 Å². The molecule has 2 heterocycles. The highest BCUT2D eigenvalue weighted by molar-refractivity contribution is 5.95. The third kappa shape index (κ3) is 4.38. The lowest BCUT2D eigenvalue weighted by molar-refractivity contribution is -0.115. The van der Waals surface area contributed by atoms with Gasteiger partial charge in [-0.3, -0.25) is 4.79 Å². The molecule has 0 aliphatic rings. The number of H-pyrrole nitrogens is 1. The van der Waals surface area contributed by atoms with Gasteiger partial charge in [-0.15, -0.1) is 0 Å². The maximum absolute atomic E-state index is 12.4. The molecule has 0 unspecified atom stereocenters. The minimum Gasteiger partial charge on any atom is -0.383 e. The van der Waals surface area contributed by atoms with Crippen LogP contribution in [0.3, 0.4) is 0 Å². The minimum absolute atomic E-state index is 0.0814. The molecule has 1 amide bonds. The van der Waals surface area contributed by atoms with E-state index in [-0.39, 0.29) is 5.91 Å². The maximum Gasteiger partial charge on any atom is 0.230 e. The number of nitrogens with zero attached hydrogens (tertiary/aromatic N) is 1. The van der Waals surface area contributed by atoms with Gasteiger partial charge in [0.05, 0.1) is 18.3 Å². The SMILES string of the molecule is O=C(Cc1c[nH]c2ccccc12)Nc1ccc(NCCc2ccccc2)cn1. The number of carbonyl (C=O) groups is 1. The summed E-state index contributed by atoms with van der Waals surface area (Å²) >= 11 is 0. The molecule has 0 aliphatic heterocycles. The Bertz CT molecular complexity index is 1050. The summed E-state index contributed by atoms with van der Waals surface area (Å²) in [6.07, 6.45) is 4.89. The van der Waals surface area contributed by atoms with E-state index in [1.165, 1.54) is 5.56 Å². The second-order valence-electron chi connectivity index (χ2n) is 6.68. The fraction of sp³-hybridized carbons (Fsp3) is 0.130. The first kappa shape index (κ1) is 17.8. The average Bonchev–Trinajstić information content (AvgIpc) is 3.13. The second kappa shape index (κ2) is 8.39. The number of carbonyl (C=O) groups excluding carboxylic acids is 1. The molecule has 5 nitrogen and oxygen atoms in total. The lowest BCUT2D eigenvalue weighted by atomic mass is 10.1. The fourth-order valence-electron chi connectivity index (χ4n) is 3.21. The van der Waals surface area contributed by atoms with Crippen LogP contribution in [-0.2, 0) is 17.6 Å². The number of hydrogen-bond acceptors (Lipinski definition) is 3. The van der Waals surface area contributed by atoms with Crippen molar-refractivity contribution >= 4 is 28.3 Å². The van der Waals surface area contributed by atoms with Crippen LogP contribution in [-0.4, -0.2) is 22.4 Å². The number of amides is 1. The van der Waals surface area contributed by atoms with Gasteiger partial charge < -0.3 is 15.6 Å². The van der Waals surface area contributed by atoms with E-state index in [1.54, 1.807) is 6.20 Å². The van der Waals surface area contributed by atoms with E-state index < -0.39 is 0 Å². The third-order valence-electron chi connectivity index (χ3n) is 4.64. The summed E-state index contributed by atoms with van der Waals surface area (Å²) in [5.41, 5.74) is 4.25. The summed E-state index contributed by atoms with van der Waals surface area (Å²) in [4.78, 5) is 19.9. The lowest BCUT2D eigenvalue weighted by Gasteiger charge is -2.08. The molecule has 0 aliphatic carbocycles. The van der Waals surface area contributed by atoms with E-state index >= 15 is 0 Å². The number of rotatable bonds is 7. The highest BCUT2D eigenvalue weighted by Crippen LogP contribution is 2.18. The highest BCUT2D eigenvalue weighted by atomic mass is 16.1. The van der Waals surface area contributed by atoms with Crippen LogP contribution in [0.1, 0.15) is 11.1 Å². The van der Waals surface area contributed by atoms with Crippen molar-refractivity contribution in [3.05, 3.63) is 90.3 Å². The van der Waals surface area contributed by atoms with E-state index in [9.17, 15) is 4.79 Å². The smallest absolute Gasteiger partial charge is 0.230 e. The summed E-state index contributed by atoms with van der Waals surface area (Å²) < 4.78 is 0. The topological polar surface area (TPSA) is 69.8 Å². The first-order valence-corrected chi connectivity index (χ1v) is 9.36. The Kier molecular flexibility index (Phi) is 5.33. The molecule has 2 aromatic carbocycles. The Balaban J connectivity index is 1.29. The number of aromatic nitrogens is 2. The number of benzene rings is 2. The third-order valence-corrected chi connectivity index (χ3v) is 4.64. The maximum atomic E-state index is 12.4. The van der Waals surface area contributed by atoms with E-state index in [4.69, 9.17) is 0 Å². The Labute approximate surface area is 163 Å². The quantitative estimate of drug-likeness (QED) is 0.452. The van der Waals surface area contributed by atoms with Crippen LogP contribution in [0.5, 0.6) is 0 Å². The zero-order valence-corrected chi connectivity index (χ0v) is 15.5. The van der Waals surface area contributed by atoms with Gasteiger partial charge in [-0.05, 0) is 35.7 Å². The van der Waals surface area contributed by atoms with E-state index in [0.717, 1.165) is 35.1 Å². The van der Waals surface area contributed by atoms with Crippen molar-refractivity contribution < 1.29 is 4.79 Å². The van der Waals surface area contributed by atoms with E-state index in [0.29, 0.717) is 12.2 Å². The molecule has 140 valence electrons. The Morgan fingerprint density at radius 3 is 2.61 bits per heavy atom. The summed E-state index contributed by atoms with van der Waals surface area (Å²) in [5, 5.41) is 7.29. The molecule has 0 spiro atoms. The fourth-order valence-corrected chi connectivity index (χ4v) is 3.21. The van der Waals surface area contributed by atoms with Crippen molar-refractivity contribution in [1.82, 2.24) is 9.97 Å². The summed E-state index contributed by atoms with van der Waals surface area (Å²) in [7, 11) is 0. The van der Waals surface area contributed by atoms with Gasteiger partial charge in [0, 0.05) is 23.6 Å². The zero-order valence-electron chi connectivity index (χ0n) is 15.5. The highest BCUT2D eigenvalue weighted by Gasteiger charge is 2.09. The van der Waals surface area contributed by atoms with Crippen molar-refractivity contribution in [2.45, 2.75) is 12.8 Å². The standard InChI is InChI=1S/C23H22N4O/c28-23(14-18-15-25-21-9-5-4-8-20(18)21)27-22-11-10-19(16-26-22)24-13-12-17-6-2-1-3-7-17/h1-11,15-16,24-25H,12-14H2,(H,26,27,28). The number of pyridine rings is 1. The molecule has 0 bridgehead atoms. The van der Waals surface area contributed by atoms with Gasteiger partial charge in [0.1, 0.15) is 5.82 Å². The number of anilines is 2. The lowest BCUT2D eigenvalue weighted by Crippen LogP contribution is -2.15. The van der Waals surface area contributed by atoms with Crippen LogP contribution in [0.2, 0.25) is 0 Å². The monoisotopic (exact) mass is 370 g/mol. The molecule has 0 saturated heterocycles. The van der Waals surface area contributed by atoms with E-state index in [1.807, 2.05) is 60.8 Å². The molecule has 28 heavy (non-hydrogen) atoms. The van der Waals surface area contributed by atoms with Gasteiger partial charge >= 0.3 is 0 Å². The van der Waals surface area contributed by atoms with Crippen LogP contribution in [0, 0.1) is 0 Å². The summed E-state index contributed by atoms with van der Waals surface area (Å²) in [6, 6.07) is 22.1. The molecule has 2 aromatic heterocycles. The van der Waals surface area contributed by atoms with E-state index in [2.05, 4.69) is 32.7 Å². The Morgan fingerprint density at radius 2 is 1.79 bits per heavy atom. The van der Waals surface area contributed by atoms with Crippen LogP contribution in [0.4, 0.5) is 11.5 Å². The van der Waals surface area contributed by atoms with Gasteiger partial charge in [0.2, 0.25) is 5.91 Å². The molecule has 0 fully saturated rings. The minimum atomic E-state index is -0.0814. The molecule has 4 rings (SSSR count). The average molecular weight is 370 g/mol. The molecular formula is C23H22N4O. The van der Waals surface area contributed by atoms with Gasteiger partial charge in [0.25, 0.3) is 0 Å². The molecule has 4 aromatic rings. The van der Waals surface area contributed by atoms with Crippen molar-refractivity contribution in [1.29, 1.82) is 0 Å². The predicted octanol–water partition coefficient (Wildman–Crippen LogP) is 4.40. The number of fused-ring (bicyclic) bond motifs is 1. The normalized spacial score (nSPS) is 10.7. The van der Waals surface area contributed by atoms with Crippen LogP contribution in [0.15, 0.2) is 79.1 Å². The van der Waals surface area contributed by atoms with Gasteiger partial charge in [-0.25, -0.2) is 4.98 Å². The van der Waals surface area contributed by atoms with Crippen molar-refractivity contribution in [2.75, 3.05) is 17.2 Å². The van der Waals surface area contributed by atoms with Crippen molar-refractivity contribution in [3.63, 3.8) is 0 Å². The first-order chi connectivity index (χ1) is 13.8. The number of para-hydroxylation sites is 1. The Hall–Kier alpha value is -3.60. The largest absolute Gasteiger partial charge is 0.383 e. The predicted molar refractivity (Wildman–Crippen MR) is 114 cm³/mol. The van der Waals surface area contributed by atoms with Gasteiger partial charge in [0.15, 0.2) is 0 Å². The van der Waals surface area contributed by atoms with Crippen LogP contribution < -0.4 is 10.6 Å². The molecule has 0 radical (unpaired) electrons. The summed E-state index contributed by atoms with van der Waals surface area (Å²) in [5.74, 6) is 0.473. The Morgan fingerprint density at radius 1 is 0.964 bits per heavy atom. The molecule has 5 heteroatoms. The number of aromatic amines is 1. The molecular weight excluding hydrogens is 348 g/mol. The molecule has 3 N–H and O–H groups in total. The molecule has 0 saturated carbocycles. The molecule has 0 atom stereocenters. The second-order valence-corrected chi connectivity index (χ2v) is 6.68. The van der Waals surface area contributed by atoms with Gasteiger partial charge in [-0.1, -0.05) is 48.5 Å². The number of hydrogen-bond donors (Lipinski definition) is 3. The zero-order chi connectivity index (χ0) is 19.2. The first-order valence-electron chi connectivity index (χ1n) is 9.36. The summed E-state index contributed by atoms with van der Waals surface area (Å²) in [6.45, 7) is 0.831.